The monoisotopic (exact) mass is 312 g/mol. The number of likely N-dealkylation sites (tertiary alicyclic amines) is 1. The van der Waals surface area contributed by atoms with Crippen molar-refractivity contribution in [2.24, 2.45) is 11.8 Å². The van der Waals surface area contributed by atoms with Gasteiger partial charge in [-0.15, -0.1) is 0 Å². The van der Waals surface area contributed by atoms with Gasteiger partial charge in [-0.25, -0.2) is 17.1 Å². The number of fused-ring (bicyclic) bond motifs is 1. The maximum atomic E-state index is 13.7. The number of rotatable bonds is 4. The largest absolute Gasteiger partial charge is 0.298 e. The summed E-state index contributed by atoms with van der Waals surface area (Å²) in [6, 6.07) is 6.86. The summed E-state index contributed by atoms with van der Waals surface area (Å²) in [5.74, 6) is 0.784. The van der Waals surface area contributed by atoms with Crippen LogP contribution >= 0.6 is 0 Å². The van der Waals surface area contributed by atoms with Crippen LogP contribution in [0.2, 0.25) is 0 Å². The fourth-order valence-electron chi connectivity index (χ4n) is 3.45. The molecule has 2 fully saturated rings. The number of hydrogen-bond acceptors (Lipinski definition) is 3. The number of halogens is 1. The Bertz CT molecular complexity index is 606. The Kier molecular flexibility index (Phi) is 4.03. The van der Waals surface area contributed by atoms with Crippen molar-refractivity contribution in [3.05, 3.63) is 35.6 Å². The average molecular weight is 312 g/mol. The quantitative estimate of drug-likeness (QED) is 0.847. The Morgan fingerprint density at radius 3 is 2.33 bits per heavy atom. The van der Waals surface area contributed by atoms with E-state index in [0.29, 0.717) is 31.5 Å². The lowest BCUT2D eigenvalue weighted by Gasteiger charge is -2.21. The molecule has 1 aromatic carbocycles. The minimum absolute atomic E-state index is 0.162. The van der Waals surface area contributed by atoms with Crippen molar-refractivity contribution in [3.8, 4) is 0 Å². The lowest BCUT2D eigenvalue weighted by Crippen LogP contribution is -2.34. The third-order valence-electron chi connectivity index (χ3n) is 4.64. The molecule has 0 aromatic heterocycles. The molecule has 0 bridgehead atoms. The molecule has 21 heavy (non-hydrogen) atoms. The van der Waals surface area contributed by atoms with E-state index < -0.39 is 10.0 Å². The van der Waals surface area contributed by atoms with Gasteiger partial charge in [-0.3, -0.25) is 4.90 Å². The summed E-state index contributed by atoms with van der Waals surface area (Å²) in [4.78, 5) is 2.24. The SMILES string of the molecule is CCS(=O)(=O)N1C[C@@H]2CN(Cc3ccccc3F)C[C@H]2C1. The third-order valence-corrected chi connectivity index (χ3v) is 6.45. The van der Waals surface area contributed by atoms with Crippen molar-refractivity contribution in [2.45, 2.75) is 13.5 Å². The Hall–Kier alpha value is -0.980. The van der Waals surface area contributed by atoms with Gasteiger partial charge in [0.05, 0.1) is 5.75 Å². The first-order chi connectivity index (χ1) is 9.99. The van der Waals surface area contributed by atoms with E-state index in [4.69, 9.17) is 0 Å². The molecule has 6 heteroatoms. The fourth-order valence-corrected chi connectivity index (χ4v) is 4.66. The zero-order valence-corrected chi connectivity index (χ0v) is 13.0. The van der Waals surface area contributed by atoms with Crippen molar-refractivity contribution >= 4 is 10.0 Å². The minimum Gasteiger partial charge on any atom is -0.298 e. The van der Waals surface area contributed by atoms with Crippen LogP contribution < -0.4 is 0 Å². The van der Waals surface area contributed by atoms with Crippen molar-refractivity contribution in [1.29, 1.82) is 0 Å². The van der Waals surface area contributed by atoms with Gasteiger partial charge in [0, 0.05) is 38.3 Å². The van der Waals surface area contributed by atoms with Crippen molar-refractivity contribution < 1.29 is 12.8 Å². The molecule has 116 valence electrons. The molecular formula is C15H21FN2O2S. The first-order valence-corrected chi connectivity index (χ1v) is 9.04. The molecule has 2 aliphatic rings. The van der Waals surface area contributed by atoms with Crippen LogP contribution in [-0.2, 0) is 16.6 Å². The third kappa shape index (κ3) is 2.98. The Morgan fingerprint density at radius 1 is 1.14 bits per heavy atom. The predicted octanol–water partition coefficient (Wildman–Crippen LogP) is 1.54. The molecule has 0 radical (unpaired) electrons. The highest BCUT2D eigenvalue weighted by atomic mass is 32.2. The molecule has 0 spiro atoms. The van der Waals surface area contributed by atoms with Crippen molar-refractivity contribution in [1.82, 2.24) is 9.21 Å². The van der Waals surface area contributed by atoms with Crippen molar-refractivity contribution in [3.63, 3.8) is 0 Å². The van der Waals surface area contributed by atoms with E-state index in [1.807, 2.05) is 12.1 Å². The molecule has 0 unspecified atom stereocenters. The zero-order chi connectivity index (χ0) is 15.0. The summed E-state index contributed by atoms with van der Waals surface area (Å²) in [7, 11) is -3.07. The number of benzene rings is 1. The number of nitrogens with zero attached hydrogens (tertiary/aromatic N) is 2. The smallest absolute Gasteiger partial charge is 0.213 e. The van der Waals surface area contributed by atoms with Crippen LogP contribution in [0.5, 0.6) is 0 Å². The Balaban J connectivity index is 1.61. The molecule has 0 N–H and O–H groups in total. The van der Waals surface area contributed by atoms with Gasteiger partial charge >= 0.3 is 0 Å². The molecule has 2 saturated heterocycles. The second kappa shape index (κ2) is 5.66. The Morgan fingerprint density at radius 2 is 1.76 bits per heavy atom. The first kappa shape index (κ1) is 14.9. The molecule has 2 heterocycles. The number of hydrogen-bond donors (Lipinski definition) is 0. The van der Waals surface area contributed by atoms with Gasteiger partial charge in [-0.05, 0) is 24.8 Å². The van der Waals surface area contributed by atoms with E-state index >= 15 is 0 Å². The summed E-state index contributed by atoms with van der Waals surface area (Å²) < 4.78 is 39.1. The van der Waals surface area contributed by atoms with Gasteiger partial charge in [-0.2, -0.15) is 0 Å². The molecule has 2 atom stereocenters. The van der Waals surface area contributed by atoms with E-state index in [0.717, 1.165) is 18.7 Å². The number of sulfonamides is 1. The van der Waals surface area contributed by atoms with Gasteiger partial charge in [-0.1, -0.05) is 18.2 Å². The summed E-state index contributed by atoms with van der Waals surface area (Å²) in [5.41, 5.74) is 0.718. The normalized spacial score (nSPS) is 27.1. The Labute approximate surface area is 125 Å². The molecule has 0 aliphatic carbocycles. The molecule has 0 saturated carbocycles. The highest BCUT2D eigenvalue weighted by Gasteiger charge is 2.43. The molecular weight excluding hydrogens is 291 g/mol. The van der Waals surface area contributed by atoms with E-state index in [2.05, 4.69) is 4.90 Å². The zero-order valence-electron chi connectivity index (χ0n) is 12.2. The molecule has 3 rings (SSSR count). The van der Waals surface area contributed by atoms with Crippen LogP contribution in [0.25, 0.3) is 0 Å². The summed E-state index contributed by atoms with van der Waals surface area (Å²) >= 11 is 0. The first-order valence-electron chi connectivity index (χ1n) is 7.43. The molecule has 2 aliphatic heterocycles. The van der Waals surface area contributed by atoms with Gasteiger partial charge in [0.25, 0.3) is 0 Å². The second-order valence-electron chi connectivity index (χ2n) is 6.02. The van der Waals surface area contributed by atoms with Crippen LogP contribution in [0.4, 0.5) is 4.39 Å². The van der Waals surface area contributed by atoms with Gasteiger partial charge in [0.1, 0.15) is 5.82 Å². The maximum absolute atomic E-state index is 13.7. The van der Waals surface area contributed by atoms with Crippen molar-refractivity contribution in [2.75, 3.05) is 31.9 Å². The highest BCUT2D eigenvalue weighted by Crippen LogP contribution is 2.33. The van der Waals surface area contributed by atoms with Gasteiger partial charge in [0.15, 0.2) is 0 Å². The van der Waals surface area contributed by atoms with Crippen LogP contribution in [-0.4, -0.2) is 49.6 Å². The van der Waals surface area contributed by atoms with E-state index in [1.165, 1.54) is 6.07 Å². The highest BCUT2D eigenvalue weighted by molar-refractivity contribution is 7.89. The molecule has 0 amide bonds. The molecule has 4 nitrogen and oxygen atoms in total. The average Bonchev–Trinajstić information content (AvgIpc) is 3.00. The van der Waals surface area contributed by atoms with E-state index in [9.17, 15) is 12.8 Å². The van der Waals surface area contributed by atoms with Crippen LogP contribution in [0, 0.1) is 17.7 Å². The fraction of sp³-hybridized carbons (Fsp3) is 0.600. The second-order valence-corrected chi connectivity index (χ2v) is 8.28. The molecule has 1 aromatic rings. The summed E-state index contributed by atoms with van der Waals surface area (Å²) in [5, 5.41) is 0. The lowest BCUT2D eigenvalue weighted by atomic mass is 10.0. The summed E-state index contributed by atoms with van der Waals surface area (Å²) in [6.07, 6.45) is 0. The van der Waals surface area contributed by atoms with E-state index in [-0.39, 0.29) is 11.6 Å². The van der Waals surface area contributed by atoms with Crippen LogP contribution in [0.15, 0.2) is 24.3 Å². The topological polar surface area (TPSA) is 40.6 Å². The van der Waals surface area contributed by atoms with Gasteiger partial charge in [0.2, 0.25) is 10.0 Å². The van der Waals surface area contributed by atoms with Crippen LogP contribution in [0.3, 0.4) is 0 Å². The van der Waals surface area contributed by atoms with Gasteiger partial charge < -0.3 is 0 Å². The minimum atomic E-state index is -3.07. The maximum Gasteiger partial charge on any atom is 0.213 e. The summed E-state index contributed by atoms with van der Waals surface area (Å²) in [6.45, 7) is 5.25. The lowest BCUT2D eigenvalue weighted by molar-refractivity contribution is 0.286. The van der Waals surface area contributed by atoms with E-state index in [1.54, 1.807) is 17.3 Å². The predicted molar refractivity (Wildman–Crippen MR) is 79.7 cm³/mol. The van der Waals surface area contributed by atoms with Crippen LogP contribution in [0.1, 0.15) is 12.5 Å². The standard InChI is InChI=1S/C15H21FN2O2S/c1-2-21(19,20)18-10-13-8-17(9-14(13)11-18)7-12-5-3-4-6-15(12)16/h3-6,13-14H,2,7-11H2,1H3/t13-,14-/m0/s1.